The number of nitrogen functional groups attached to an aromatic ring is 1. The lowest BCUT2D eigenvalue weighted by Crippen LogP contribution is -2.09. The Morgan fingerprint density at radius 3 is 2.67 bits per heavy atom. The quantitative estimate of drug-likeness (QED) is 0.664. The molecule has 0 atom stereocenters. The van der Waals surface area contributed by atoms with Crippen molar-refractivity contribution in [1.29, 1.82) is 0 Å². The van der Waals surface area contributed by atoms with Gasteiger partial charge in [-0.2, -0.15) is 5.10 Å². The van der Waals surface area contributed by atoms with E-state index in [4.69, 9.17) is 5.73 Å². The summed E-state index contributed by atoms with van der Waals surface area (Å²) >= 11 is 0. The normalized spacial score (nSPS) is 12.0. The molecule has 0 aliphatic rings. The molecule has 0 fully saturated rings. The van der Waals surface area contributed by atoms with E-state index in [0.29, 0.717) is 34.1 Å². The van der Waals surface area contributed by atoms with Crippen LogP contribution in [-0.2, 0) is 10.0 Å². The molecule has 1 aromatic carbocycles. The van der Waals surface area contributed by atoms with Crippen molar-refractivity contribution in [1.82, 2.24) is 20.2 Å². The molecule has 0 bridgehead atoms. The van der Waals surface area contributed by atoms with Gasteiger partial charge in [0.2, 0.25) is 10.0 Å². The lowest BCUT2D eigenvalue weighted by Gasteiger charge is -2.07. The number of aromatic amines is 1. The van der Waals surface area contributed by atoms with Crippen molar-refractivity contribution in [2.24, 2.45) is 0 Å². The van der Waals surface area contributed by atoms with E-state index in [2.05, 4.69) is 24.9 Å². The van der Waals surface area contributed by atoms with Crippen molar-refractivity contribution in [2.45, 2.75) is 19.8 Å². The van der Waals surface area contributed by atoms with Crippen LogP contribution in [0.1, 0.15) is 25.6 Å². The van der Waals surface area contributed by atoms with Crippen molar-refractivity contribution in [3.8, 4) is 11.3 Å². The molecule has 0 aliphatic carbocycles. The number of hydrogen-bond acceptors (Lipinski definition) is 6. The maximum absolute atomic E-state index is 11.4. The zero-order valence-electron chi connectivity index (χ0n) is 13.5. The van der Waals surface area contributed by atoms with E-state index in [9.17, 15) is 8.42 Å². The second-order valence-corrected chi connectivity index (χ2v) is 7.62. The standard InChI is InChI=1S/C15H18N6O2S/c1-8(2)14-17-13(16)11-12(19-20-15(11)18-14)9-5-4-6-10(7-9)21-24(3,22)23/h4-8,21H,1-3H3,(H3,16,17,18,19,20). The molecule has 3 rings (SSSR count). The first kappa shape index (κ1) is 16.2. The topological polar surface area (TPSA) is 127 Å². The van der Waals surface area contributed by atoms with Crippen molar-refractivity contribution < 1.29 is 8.42 Å². The average molecular weight is 346 g/mol. The van der Waals surface area contributed by atoms with Crippen molar-refractivity contribution in [3.63, 3.8) is 0 Å². The number of nitrogens with zero attached hydrogens (tertiary/aromatic N) is 3. The van der Waals surface area contributed by atoms with E-state index in [1.807, 2.05) is 19.9 Å². The Morgan fingerprint density at radius 1 is 1.25 bits per heavy atom. The van der Waals surface area contributed by atoms with Crippen LogP contribution in [0.25, 0.3) is 22.3 Å². The lowest BCUT2D eigenvalue weighted by molar-refractivity contribution is 0.607. The minimum Gasteiger partial charge on any atom is -0.383 e. The summed E-state index contributed by atoms with van der Waals surface area (Å²) in [6.07, 6.45) is 1.10. The SMILES string of the molecule is CC(C)c1nc(N)c2c(-c3cccc(NS(C)(=O)=O)c3)[nH]nc2n1. The summed E-state index contributed by atoms with van der Waals surface area (Å²) < 4.78 is 25.2. The predicted octanol–water partition coefficient (Wildman–Crippen LogP) is 2.10. The number of H-pyrrole nitrogens is 1. The molecule has 24 heavy (non-hydrogen) atoms. The van der Waals surface area contributed by atoms with Crippen LogP contribution in [-0.4, -0.2) is 34.8 Å². The number of anilines is 2. The van der Waals surface area contributed by atoms with Gasteiger partial charge in [0, 0.05) is 17.2 Å². The van der Waals surface area contributed by atoms with Gasteiger partial charge in [0.05, 0.1) is 17.3 Å². The first-order valence-corrected chi connectivity index (χ1v) is 9.23. The Labute approximate surface area is 139 Å². The molecule has 3 aromatic rings. The van der Waals surface area contributed by atoms with E-state index >= 15 is 0 Å². The maximum Gasteiger partial charge on any atom is 0.229 e. The number of sulfonamides is 1. The van der Waals surface area contributed by atoms with Gasteiger partial charge in [-0.15, -0.1) is 0 Å². The number of hydrogen-bond donors (Lipinski definition) is 3. The molecule has 0 amide bonds. The summed E-state index contributed by atoms with van der Waals surface area (Å²) in [6.45, 7) is 3.96. The second-order valence-electron chi connectivity index (χ2n) is 5.87. The Hall–Kier alpha value is -2.68. The Kier molecular flexibility index (Phi) is 3.88. The third kappa shape index (κ3) is 3.16. The monoisotopic (exact) mass is 346 g/mol. The summed E-state index contributed by atoms with van der Waals surface area (Å²) in [4.78, 5) is 8.75. The highest BCUT2D eigenvalue weighted by Gasteiger charge is 2.16. The highest BCUT2D eigenvalue weighted by molar-refractivity contribution is 7.92. The molecule has 0 saturated heterocycles. The molecule has 0 radical (unpaired) electrons. The highest BCUT2D eigenvalue weighted by Crippen LogP contribution is 2.31. The van der Waals surface area contributed by atoms with Gasteiger partial charge in [-0.25, -0.2) is 18.4 Å². The van der Waals surface area contributed by atoms with E-state index in [0.717, 1.165) is 11.8 Å². The van der Waals surface area contributed by atoms with E-state index < -0.39 is 10.0 Å². The third-order valence-corrected chi connectivity index (χ3v) is 4.04. The highest BCUT2D eigenvalue weighted by atomic mass is 32.2. The van der Waals surface area contributed by atoms with Crippen molar-refractivity contribution >= 4 is 32.6 Å². The maximum atomic E-state index is 11.4. The van der Waals surface area contributed by atoms with E-state index in [-0.39, 0.29) is 5.92 Å². The van der Waals surface area contributed by atoms with E-state index in [1.54, 1.807) is 18.2 Å². The molecule has 2 aromatic heterocycles. The second kappa shape index (κ2) is 5.75. The summed E-state index contributed by atoms with van der Waals surface area (Å²) in [5.74, 6) is 1.11. The smallest absolute Gasteiger partial charge is 0.229 e. The number of rotatable bonds is 4. The average Bonchev–Trinajstić information content (AvgIpc) is 2.90. The van der Waals surface area contributed by atoms with Crippen LogP contribution >= 0.6 is 0 Å². The number of benzene rings is 1. The molecular formula is C15H18N6O2S. The summed E-state index contributed by atoms with van der Waals surface area (Å²) in [7, 11) is -3.35. The molecule has 4 N–H and O–H groups in total. The largest absolute Gasteiger partial charge is 0.383 e. The van der Waals surface area contributed by atoms with Crippen LogP contribution in [0.4, 0.5) is 11.5 Å². The van der Waals surface area contributed by atoms with Crippen LogP contribution in [0.2, 0.25) is 0 Å². The van der Waals surface area contributed by atoms with Gasteiger partial charge in [0.15, 0.2) is 5.65 Å². The van der Waals surface area contributed by atoms with Gasteiger partial charge < -0.3 is 5.73 Å². The fourth-order valence-corrected chi connectivity index (χ4v) is 2.94. The summed E-state index contributed by atoms with van der Waals surface area (Å²) in [5.41, 5.74) is 8.42. The van der Waals surface area contributed by atoms with Gasteiger partial charge >= 0.3 is 0 Å². The van der Waals surface area contributed by atoms with Crippen LogP contribution in [0.5, 0.6) is 0 Å². The first-order valence-electron chi connectivity index (χ1n) is 7.34. The number of nitrogens with two attached hydrogens (primary N) is 1. The van der Waals surface area contributed by atoms with Crippen LogP contribution in [0, 0.1) is 0 Å². The molecule has 0 spiro atoms. The van der Waals surface area contributed by atoms with Crippen LogP contribution < -0.4 is 10.5 Å². The zero-order chi connectivity index (χ0) is 17.5. The first-order chi connectivity index (χ1) is 11.2. The Bertz CT molecular complexity index is 1010. The van der Waals surface area contributed by atoms with Crippen LogP contribution in [0.15, 0.2) is 24.3 Å². The zero-order valence-corrected chi connectivity index (χ0v) is 14.3. The van der Waals surface area contributed by atoms with Gasteiger partial charge in [-0.1, -0.05) is 26.0 Å². The molecule has 126 valence electrons. The van der Waals surface area contributed by atoms with Gasteiger partial charge in [0.25, 0.3) is 0 Å². The summed E-state index contributed by atoms with van der Waals surface area (Å²) in [6, 6.07) is 6.94. The van der Waals surface area contributed by atoms with Gasteiger partial charge in [-0.05, 0) is 12.1 Å². The molecule has 8 nitrogen and oxygen atoms in total. The Balaban J connectivity index is 2.12. The molecule has 0 unspecified atom stereocenters. The minimum atomic E-state index is -3.35. The van der Waals surface area contributed by atoms with Crippen LogP contribution in [0.3, 0.4) is 0 Å². The van der Waals surface area contributed by atoms with E-state index in [1.165, 1.54) is 0 Å². The Morgan fingerprint density at radius 2 is 2.00 bits per heavy atom. The molecule has 9 heteroatoms. The van der Waals surface area contributed by atoms with Gasteiger partial charge in [-0.3, -0.25) is 9.82 Å². The lowest BCUT2D eigenvalue weighted by atomic mass is 10.1. The number of fused-ring (bicyclic) bond motifs is 1. The minimum absolute atomic E-state index is 0.138. The third-order valence-electron chi connectivity index (χ3n) is 3.43. The predicted molar refractivity (Wildman–Crippen MR) is 94.1 cm³/mol. The van der Waals surface area contributed by atoms with Gasteiger partial charge in [0.1, 0.15) is 11.6 Å². The number of nitrogens with one attached hydrogen (secondary N) is 2. The molecule has 0 aliphatic heterocycles. The summed E-state index contributed by atoms with van der Waals surface area (Å²) in [5, 5.41) is 7.75. The molecular weight excluding hydrogens is 328 g/mol. The fourth-order valence-electron chi connectivity index (χ4n) is 2.39. The molecule has 2 heterocycles. The fraction of sp³-hybridized carbons (Fsp3) is 0.267. The molecule has 0 saturated carbocycles. The van der Waals surface area contributed by atoms with Crippen molar-refractivity contribution in [3.05, 3.63) is 30.1 Å². The number of aromatic nitrogens is 4. The van der Waals surface area contributed by atoms with Crippen molar-refractivity contribution in [2.75, 3.05) is 16.7 Å².